The van der Waals surface area contributed by atoms with Crippen molar-refractivity contribution in [3.05, 3.63) is 60.8 Å². The Morgan fingerprint density at radius 2 is 1.03 bits per heavy atom. The number of nitrogens with one attached hydrogen (secondary N) is 1. The van der Waals surface area contributed by atoms with Gasteiger partial charge in [-0.15, -0.1) is 0 Å². The lowest BCUT2D eigenvalue weighted by atomic mass is 9.97. The number of rotatable bonds is 39. The third-order valence-electron chi connectivity index (χ3n) is 12.4. The molecule has 12 atom stereocenters. The van der Waals surface area contributed by atoms with Crippen molar-refractivity contribution in [3.8, 4) is 0 Å². The number of hydrogen-bond donors (Lipinski definition) is 9. The molecule has 2 aliphatic heterocycles. The number of aliphatic hydroxyl groups excluding tert-OH is 8. The molecule has 0 bridgehead atoms. The van der Waals surface area contributed by atoms with Gasteiger partial charge in [0.15, 0.2) is 12.6 Å². The van der Waals surface area contributed by atoms with Gasteiger partial charge in [0.05, 0.1) is 32.0 Å². The summed E-state index contributed by atoms with van der Waals surface area (Å²) in [7, 11) is 0. The van der Waals surface area contributed by atoms with Gasteiger partial charge in [0, 0.05) is 6.42 Å². The van der Waals surface area contributed by atoms with E-state index in [4.69, 9.17) is 18.9 Å². The molecule has 0 radical (unpaired) electrons. The average Bonchev–Trinajstić information content (AvgIpc) is 3.32. The van der Waals surface area contributed by atoms with Gasteiger partial charge in [-0.1, -0.05) is 158 Å². The molecule has 2 aliphatic rings. The van der Waals surface area contributed by atoms with Crippen LogP contribution in [0.25, 0.3) is 0 Å². The Morgan fingerprint density at radius 1 is 0.537 bits per heavy atom. The Kier molecular flexibility index (Phi) is 35.8. The Bertz CT molecular complexity index is 1360. The SMILES string of the molecule is CCC/C=C\C/C=C\CCCCCCCC(=O)NC(COC1OC(CO)C(OC2OC(CO)C(O)C(O)C2O)C(O)C1O)C(O)/C=C/CC/C=C/CC/C=C/CCCCCCCCCCCC. The largest absolute Gasteiger partial charge is 0.394 e. The Balaban J connectivity index is 1.87. The van der Waals surface area contributed by atoms with Crippen LogP contribution in [-0.4, -0.2) is 140 Å². The topological polar surface area (TPSA) is 228 Å². The van der Waals surface area contributed by atoms with E-state index in [0.29, 0.717) is 12.8 Å². The number of carbonyl (C=O) groups excluding carboxylic acids is 1. The van der Waals surface area contributed by atoms with Crippen LogP contribution in [-0.2, 0) is 23.7 Å². The molecule has 14 heteroatoms. The molecular formula is C53H93NO13. The standard InChI is InChI=1S/C53H93NO13/c1-3-5-7-9-11-13-15-17-18-19-20-21-22-23-25-26-28-30-32-34-36-42(57)41(54-45(58)37-35-33-31-29-27-24-16-14-12-10-8-6-4-2)40-64-52-50(63)48(61)51(44(39-56)66-52)67-53-49(62)47(60)46(59)43(38-55)65-53/h8,10,14,16,21-22,26,28,34,36,41-44,46-53,55-57,59-63H,3-7,9,11-13,15,17-20,23-25,27,29-33,35,37-40H2,1-2H3,(H,54,58)/b10-8-,16-14-,22-21+,28-26+,36-34+. The lowest BCUT2D eigenvalue weighted by Gasteiger charge is -2.46. The van der Waals surface area contributed by atoms with Crippen LogP contribution >= 0.6 is 0 Å². The molecule has 0 spiro atoms. The van der Waals surface area contributed by atoms with E-state index in [9.17, 15) is 45.6 Å². The first-order valence-electron chi connectivity index (χ1n) is 26.0. The molecule has 67 heavy (non-hydrogen) atoms. The van der Waals surface area contributed by atoms with E-state index in [1.54, 1.807) is 6.08 Å². The van der Waals surface area contributed by atoms with Crippen LogP contribution in [0.4, 0.5) is 0 Å². The van der Waals surface area contributed by atoms with Crippen molar-refractivity contribution in [1.29, 1.82) is 0 Å². The molecule has 2 saturated heterocycles. The van der Waals surface area contributed by atoms with Crippen LogP contribution in [0.2, 0.25) is 0 Å². The minimum atomic E-state index is -1.79. The van der Waals surface area contributed by atoms with E-state index in [1.807, 2.05) is 6.08 Å². The summed E-state index contributed by atoms with van der Waals surface area (Å²) in [6.45, 7) is 2.67. The Labute approximate surface area is 403 Å². The number of ether oxygens (including phenoxy) is 4. The van der Waals surface area contributed by atoms with Crippen molar-refractivity contribution < 1.29 is 64.6 Å². The molecular weight excluding hydrogens is 859 g/mol. The average molecular weight is 952 g/mol. The van der Waals surface area contributed by atoms with Crippen LogP contribution < -0.4 is 5.32 Å². The molecule has 0 aromatic heterocycles. The van der Waals surface area contributed by atoms with Crippen molar-refractivity contribution in [2.45, 2.75) is 248 Å². The smallest absolute Gasteiger partial charge is 0.220 e. The summed E-state index contributed by atoms with van der Waals surface area (Å²) < 4.78 is 22.7. The zero-order chi connectivity index (χ0) is 48.9. The first-order valence-corrected chi connectivity index (χ1v) is 26.0. The van der Waals surface area contributed by atoms with E-state index >= 15 is 0 Å². The van der Waals surface area contributed by atoms with Crippen LogP contribution in [0.15, 0.2) is 60.8 Å². The van der Waals surface area contributed by atoms with Gasteiger partial charge in [-0.25, -0.2) is 0 Å². The molecule has 2 heterocycles. The molecule has 0 aromatic rings. The highest BCUT2D eigenvalue weighted by Crippen LogP contribution is 2.30. The number of unbranched alkanes of at least 4 members (excludes halogenated alkanes) is 18. The lowest BCUT2D eigenvalue weighted by molar-refractivity contribution is -0.359. The monoisotopic (exact) mass is 952 g/mol. The van der Waals surface area contributed by atoms with Gasteiger partial charge in [0.1, 0.15) is 48.8 Å². The number of hydrogen-bond acceptors (Lipinski definition) is 13. The van der Waals surface area contributed by atoms with Crippen LogP contribution in [0.1, 0.15) is 174 Å². The minimum Gasteiger partial charge on any atom is -0.394 e. The molecule has 2 rings (SSSR count). The normalized spacial score (nSPS) is 27.1. The molecule has 388 valence electrons. The van der Waals surface area contributed by atoms with Crippen molar-refractivity contribution in [2.75, 3.05) is 19.8 Å². The first-order chi connectivity index (χ1) is 32.6. The van der Waals surface area contributed by atoms with Gasteiger partial charge < -0.3 is 65.1 Å². The summed E-state index contributed by atoms with van der Waals surface area (Å²) in [4.78, 5) is 13.1. The fraction of sp³-hybridized carbons (Fsp3) is 0.792. The number of amides is 1. The Morgan fingerprint density at radius 3 is 1.61 bits per heavy atom. The van der Waals surface area contributed by atoms with E-state index < -0.39 is 86.8 Å². The van der Waals surface area contributed by atoms with Gasteiger partial charge in [0.2, 0.25) is 5.91 Å². The van der Waals surface area contributed by atoms with Gasteiger partial charge in [0.25, 0.3) is 0 Å². The molecule has 0 aliphatic carbocycles. The molecule has 0 saturated carbocycles. The lowest BCUT2D eigenvalue weighted by Crippen LogP contribution is -2.65. The molecule has 14 nitrogen and oxygen atoms in total. The summed E-state index contributed by atoms with van der Waals surface area (Å²) in [5, 5.41) is 86.7. The zero-order valence-electron chi connectivity index (χ0n) is 41.1. The third kappa shape index (κ3) is 26.5. The van der Waals surface area contributed by atoms with E-state index in [-0.39, 0.29) is 18.9 Å². The number of allylic oxidation sites excluding steroid dienone is 9. The quantitative estimate of drug-likeness (QED) is 0.0223. The summed E-state index contributed by atoms with van der Waals surface area (Å²) in [6.07, 6.45) is 31.2. The maximum Gasteiger partial charge on any atom is 0.220 e. The molecule has 0 aromatic carbocycles. The summed E-state index contributed by atoms with van der Waals surface area (Å²) in [6, 6.07) is -0.946. The highest BCUT2D eigenvalue weighted by atomic mass is 16.7. The predicted octanol–water partition coefficient (Wildman–Crippen LogP) is 7.05. The fourth-order valence-corrected chi connectivity index (χ4v) is 8.12. The van der Waals surface area contributed by atoms with Crippen molar-refractivity contribution in [1.82, 2.24) is 5.32 Å². The van der Waals surface area contributed by atoms with Gasteiger partial charge in [-0.05, 0) is 70.6 Å². The minimum absolute atomic E-state index is 0.251. The summed E-state index contributed by atoms with van der Waals surface area (Å²) >= 11 is 0. The van der Waals surface area contributed by atoms with Crippen molar-refractivity contribution in [3.63, 3.8) is 0 Å². The summed E-state index contributed by atoms with van der Waals surface area (Å²) in [5.74, 6) is -0.271. The fourth-order valence-electron chi connectivity index (χ4n) is 8.12. The Hall–Kier alpha value is -2.31. The van der Waals surface area contributed by atoms with Gasteiger partial charge in [-0.3, -0.25) is 4.79 Å². The molecule has 12 unspecified atom stereocenters. The second-order valence-corrected chi connectivity index (χ2v) is 18.3. The van der Waals surface area contributed by atoms with E-state index in [1.165, 1.54) is 64.2 Å². The van der Waals surface area contributed by atoms with Crippen LogP contribution in [0.3, 0.4) is 0 Å². The number of aliphatic hydroxyl groups is 8. The maximum atomic E-state index is 13.1. The van der Waals surface area contributed by atoms with Crippen LogP contribution in [0.5, 0.6) is 0 Å². The highest BCUT2D eigenvalue weighted by Gasteiger charge is 2.51. The number of carbonyl (C=O) groups is 1. The first kappa shape index (κ1) is 60.8. The summed E-state index contributed by atoms with van der Waals surface area (Å²) in [5.41, 5.74) is 0. The second-order valence-electron chi connectivity index (χ2n) is 18.3. The van der Waals surface area contributed by atoms with Crippen LogP contribution in [0, 0.1) is 0 Å². The predicted molar refractivity (Wildman–Crippen MR) is 263 cm³/mol. The molecule has 2 fully saturated rings. The van der Waals surface area contributed by atoms with Gasteiger partial charge in [-0.2, -0.15) is 0 Å². The highest BCUT2D eigenvalue weighted by molar-refractivity contribution is 5.76. The maximum absolute atomic E-state index is 13.1. The third-order valence-corrected chi connectivity index (χ3v) is 12.4. The van der Waals surface area contributed by atoms with Gasteiger partial charge >= 0.3 is 0 Å². The molecule has 9 N–H and O–H groups in total. The van der Waals surface area contributed by atoms with Crippen molar-refractivity contribution in [2.24, 2.45) is 0 Å². The van der Waals surface area contributed by atoms with Crippen molar-refractivity contribution >= 4 is 5.91 Å². The van der Waals surface area contributed by atoms with E-state index in [0.717, 1.165) is 77.0 Å². The van der Waals surface area contributed by atoms with E-state index in [2.05, 4.69) is 67.8 Å². The zero-order valence-corrected chi connectivity index (χ0v) is 41.1. The molecule has 1 amide bonds. The second kappa shape index (κ2) is 39.4.